The molecule has 6 heteroatoms. The summed E-state index contributed by atoms with van der Waals surface area (Å²) in [4.78, 5) is 4.61. The van der Waals surface area contributed by atoms with E-state index in [9.17, 15) is 5.11 Å². The lowest BCUT2D eigenvalue weighted by Crippen LogP contribution is -2.01. The summed E-state index contributed by atoms with van der Waals surface area (Å²) in [6.07, 6.45) is 0. The van der Waals surface area contributed by atoms with Crippen LogP contribution in [0, 0.1) is 0 Å². The van der Waals surface area contributed by atoms with Crippen LogP contribution in [-0.4, -0.2) is 28.9 Å². The van der Waals surface area contributed by atoms with Crippen LogP contribution in [0.5, 0.6) is 17.4 Å². The van der Waals surface area contributed by atoms with Crippen LogP contribution in [0.2, 0.25) is 0 Å². The zero-order valence-electron chi connectivity index (χ0n) is 16.3. The fourth-order valence-electron chi connectivity index (χ4n) is 2.75. The molecular weight excluding hydrogens is 372 g/mol. The van der Waals surface area contributed by atoms with Gasteiger partial charge in [-0.15, -0.1) is 0 Å². The van der Waals surface area contributed by atoms with E-state index in [0.717, 1.165) is 39.1 Å². The molecule has 0 aliphatic heterocycles. The van der Waals surface area contributed by atoms with E-state index >= 15 is 0 Å². The van der Waals surface area contributed by atoms with E-state index in [-0.39, 0.29) is 5.88 Å². The third-order valence-corrected chi connectivity index (χ3v) is 5.38. The Kier molecular flexibility index (Phi) is 6.31. The summed E-state index contributed by atoms with van der Waals surface area (Å²) in [5.74, 6) is 2.51. The highest BCUT2D eigenvalue weighted by Gasteiger charge is 2.18. The van der Waals surface area contributed by atoms with E-state index in [1.54, 1.807) is 26.0 Å². The van der Waals surface area contributed by atoms with E-state index in [4.69, 9.17) is 9.47 Å². The SMILES string of the molecule is C=C(C)c1nc(SCc2ccc(OC)cc2)n(Cc2ccc(OC)cc2)c1O. The molecule has 0 aliphatic carbocycles. The van der Waals surface area contributed by atoms with E-state index in [0.29, 0.717) is 12.2 Å². The van der Waals surface area contributed by atoms with Gasteiger partial charge in [-0.25, -0.2) is 4.98 Å². The van der Waals surface area contributed by atoms with Crippen molar-refractivity contribution in [1.29, 1.82) is 0 Å². The summed E-state index contributed by atoms with van der Waals surface area (Å²) in [6.45, 7) is 6.29. The number of benzene rings is 2. The number of rotatable bonds is 8. The molecule has 1 heterocycles. The van der Waals surface area contributed by atoms with Gasteiger partial charge in [0.2, 0.25) is 5.88 Å². The average Bonchev–Trinajstić information content (AvgIpc) is 3.03. The number of hydrogen-bond acceptors (Lipinski definition) is 5. The maximum absolute atomic E-state index is 10.7. The molecule has 0 saturated carbocycles. The van der Waals surface area contributed by atoms with Crippen LogP contribution in [-0.2, 0) is 12.3 Å². The van der Waals surface area contributed by atoms with Crippen LogP contribution in [0.3, 0.4) is 0 Å². The molecule has 1 N–H and O–H groups in total. The maximum Gasteiger partial charge on any atom is 0.220 e. The van der Waals surface area contributed by atoms with Gasteiger partial charge in [0, 0.05) is 5.75 Å². The second-order valence-corrected chi connectivity index (χ2v) is 7.36. The van der Waals surface area contributed by atoms with Crippen LogP contribution in [0.15, 0.2) is 60.3 Å². The molecule has 0 fully saturated rings. The standard InChI is InChI=1S/C22H24N2O3S/c1-15(2)20-21(25)24(13-16-5-9-18(26-3)10-6-16)22(23-20)28-14-17-7-11-19(27-4)12-8-17/h5-12,25H,1,13-14H2,2-4H3. The number of methoxy groups -OCH3 is 2. The Labute approximate surface area is 169 Å². The summed E-state index contributed by atoms with van der Waals surface area (Å²) >= 11 is 1.58. The molecule has 3 aromatic rings. The van der Waals surface area contributed by atoms with Crippen molar-refractivity contribution in [2.24, 2.45) is 0 Å². The Balaban J connectivity index is 1.83. The summed E-state index contributed by atoms with van der Waals surface area (Å²) < 4.78 is 12.2. The normalized spacial score (nSPS) is 10.7. The zero-order chi connectivity index (χ0) is 20.1. The lowest BCUT2D eigenvalue weighted by molar-refractivity contribution is 0.412. The van der Waals surface area contributed by atoms with Crippen LogP contribution >= 0.6 is 11.8 Å². The molecule has 0 unspecified atom stereocenters. The molecule has 2 aromatic carbocycles. The molecule has 0 atom stereocenters. The second kappa shape index (κ2) is 8.89. The van der Waals surface area contributed by atoms with E-state index in [2.05, 4.69) is 11.6 Å². The van der Waals surface area contributed by atoms with E-state index in [1.165, 1.54) is 0 Å². The monoisotopic (exact) mass is 396 g/mol. The first-order chi connectivity index (χ1) is 13.5. The summed E-state index contributed by atoms with van der Waals surface area (Å²) in [6, 6.07) is 15.7. The van der Waals surface area contributed by atoms with Crippen molar-refractivity contribution in [1.82, 2.24) is 9.55 Å². The molecule has 0 amide bonds. The third kappa shape index (κ3) is 4.51. The fourth-order valence-corrected chi connectivity index (χ4v) is 3.70. The predicted octanol–water partition coefficient (Wildman–Crippen LogP) is 4.98. The Morgan fingerprint density at radius 2 is 1.54 bits per heavy atom. The Morgan fingerprint density at radius 3 is 2.04 bits per heavy atom. The lowest BCUT2D eigenvalue weighted by atomic mass is 10.2. The fraction of sp³-hybridized carbons (Fsp3) is 0.227. The Bertz CT molecular complexity index is 947. The quantitative estimate of drug-likeness (QED) is 0.544. The Hall–Kier alpha value is -2.86. The minimum absolute atomic E-state index is 0.139. The van der Waals surface area contributed by atoms with Crippen molar-refractivity contribution in [3.05, 3.63) is 71.9 Å². The van der Waals surface area contributed by atoms with Crippen molar-refractivity contribution < 1.29 is 14.6 Å². The minimum Gasteiger partial charge on any atom is -0.497 e. The number of ether oxygens (including phenoxy) is 2. The minimum atomic E-state index is 0.139. The molecule has 0 aliphatic rings. The molecule has 146 valence electrons. The average molecular weight is 397 g/mol. The van der Waals surface area contributed by atoms with Gasteiger partial charge in [-0.1, -0.05) is 42.6 Å². The molecule has 0 radical (unpaired) electrons. The Morgan fingerprint density at radius 1 is 1.00 bits per heavy atom. The molecule has 3 rings (SSSR count). The molecule has 5 nitrogen and oxygen atoms in total. The number of allylic oxidation sites excluding steroid dienone is 1. The molecule has 0 bridgehead atoms. The molecule has 0 saturated heterocycles. The van der Waals surface area contributed by atoms with Crippen molar-refractivity contribution in [3.8, 4) is 17.4 Å². The highest BCUT2D eigenvalue weighted by Crippen LogP contribution is 2.33. The van der Waals surface area contributed by atoms with Crippen LogP contribution < -0.4 is 9.47 Å². The first kappa shape index (κ1) is 19.9. The van der Waals surface area contributed by atoms with Crippen LogP contribution in [0.25, 0.3) is 5.57 Å². The smallest absolute Gasteiger partial charge is 0.220 e. The molecule has 28 heavy (non-hydrogen) atoms. The largest absolute Gasteiger partial charge is 0.497 e. The van der Waals surface area contributed by atoms with Gasteiger partial charge in [0.05, 0.1) is 20.8 Å². The van der Waals surface area contributed by atoms with Crippen LogP contribution in [0.1, 0.15) is 23.7 Å². The van der Waals surface area contributed by atoms with Crippen molar-refractivity contribution in [2.75, 3.05) is 14.2 Å². The van der Waals surface area contributed by atoms with Gasteiger partial charge in [-0.05, 0) is 47.9 Å². The topological polar surface area (TPSA) is 56.5 Å². The van der Waals surface area contributed by atoms with Gasteiger partial charge in [0.1, 0.15) is 17.2 Å². The second-order valence-electron chi connectivity index (χ2n) is 6.42. The van der Waals surface area contributed by atoms with Gasteiger partial charge in [-0.3, -0.25) is 4.57 Å². The number of hydrogen-bond donors (Lipinski definition) is 1. The van der Waals surface area contributed by atoms with Crippen molar-refractivity contribution in [3.63, 3.8) is 0 Å². The first-order valence-electron chi connectivity index (χ1n) is 8.86. The number of nitrogens with zero attached hydrogens (tertiary/aromatic N) is 2. The summed E-state index contributed by atoms with van der Waals surface area (Å²) in [5.41, 5.74) is 3.47. The van der Waals surface area contributed by atoms with Crippen LogP contribution in [0.4, 0.5) is 0 Å². The number of aromatic nitrogens is 2. The summed E-state index contributed by atoms with van der Waals surface area (Å²) in [5, 5.41) is 11.4. The first-order valence-corrected chi connectivity index (χ1v) is 9.84. The third-order valence-electron chi connectivity index (χ3n) is 4.34. The highest BCUT2D eigenvalue weighted by atomic mass is 32.2. The zero-order valence-corrected chi connectivity index (χ0v) is 17.1. The van der Waals surface area contributed by atoms with Crippen molar-refractivity contribution >= 4 is 17.3 Å². The van der Waals surface area contributed by atoms with E-state index < -0.39 is 0 Å². The van der Waals surface area contributed by atoms with Gasteiger partial charge in [-0.2, -0.15) is 0 Å². The maximum atomic E-state index is 10.7. The summed E-state index contributed by atoms with van der Waals surface area (Å²) in [7, 11) is 3.30. The number of thioether (sulfide) groups is 1. The van der Waals surface area contributed by atoms with Gasteiger partial charge in [0.15, 0.2) is 5.16 Å². The molecule has 0 spiro atoms. The molecule has 1 aromatic heterocycles. The van der Waals surface area contributed by atoms with Crippen molar-refractivity contribution in [2.45, 2.75) is 24.4 Å². The van der Waals surface area contributed by atoms with Gasteiger partial charge in [0.25, 0.3) is 0 Å². The van der Waals surface area contributed by atoms with E-state index in [1.807, 2.05) is 60.0 Å². The predicted molar refractivity (Wildman–Crippen MR) is 113 cm³/mol. The molecular formula is C22H24N2O3S. The number of aromatic hydroxyl groups is 1. The van der Waals surface area contributed by atoms with Gasteiger partial charge >= 0.3 is 0 Å². The number of imidazole rings is 1. The van der Waals surface area contributed by atoms with Gasteiger partial charge < -0.3 is 14.6 Å². The lowest BCUT2D eigenvalue weighted by Gasteiger charge is -2.10. The highest BCUT2D eigenvalue weighted by molar-refractivity contribution is 7.98.